The fourth-order valence-electron chi connectivity index (χ4n) is 2.89. The molecule has 0 aliphatic rings. The fraction of sp³-hybridized carbons (Fsp3) is 0.182. The van der Waals surface area contributed by atoms with Crippen LogP contribution in [0.5, 0.6) is 5.75 Å². The largest absolute Gasteiger partial charge is 0.483 e. The van der Waals surface area contributed by atoms with Gasteiger partial charge in [0.05, 0.1) is 0 Å². The number of amides is 1. The number of thioether (sulfide) groups is 1. The summed E-state index contributed by atoms with van der Waals surface area (Å²) in [7, 11) is 0. The van der Waals surface area contributed by atoms with Gasteiger partial charge in [-0.15, -0.1) is 10.2 Å². The van der Waals surface area contributed by atoms with Crippen molar-refractivity contribution in [1.82, 2.24) is 19.9 Å². The molecule has 0 bridgehead atoms. The Morgan fingerprint density at radius 3 is 2.69 bits per heavy atom. The number of aromatic nitrogens is 4. The van der Waals surface area contributed by atoms with Crippen LogP contribution in [0.4, 0.5) is 10.2 Å². The highest BCUT2D eigenvalue weighted by atomic mass is 32.2. The fourth-order valence-corrected chi connectivity index (χ4v) is 3.80. The number of hydrogen-bond acceptors (Lipinski definition) is 7. The summed E-state index contributed by atoms with van der Waals surface area (Å²) in [5.41, 5.74) is 0.842. The first-order valence-corrected chi connectivity index (χ1v) is 10.8. The first-order chi connectivity index (χ1) is 15.6. The molecule has 10 heteroatoms. The first kappa shape index (κ1) is 21.6. The van der Waals surface area contributed by atoms with Gasteiger partial charge in [-0.3, -0.25) is 9.36 Å². The Morgan fingerprint density at radius 2 is 1.94 bits per heavy atom. The van der Waals surface area contributed by atoms with Crippen molar-refractivity contribution in [3.05, 3.63) is 78.1 Å². The molecule has 0 fully saturated rings. The smallest absolute Gasteiger partial charge is 0.226 e. The molecule has 32 heavy (non-hydrogen) atoms. The molecule has 1 N–H and O–H groups in total. The number of carbonyl (C=O) groups is 1. The van der Waals surface area contributed by atoms with Gasteiger partial charge in [-0.1, -0.05) is 47.3 Å². The van der Waals surface area contributed by atoms with Crippen molar-refractivity contribution in [3.63, 3.8) is 0 Å². The predicted molar refractivity (Wildman–Crippen MR) is 117 cm³/mol. The molecule has 0 spiro atoms. The topological polar surface area (TPSA) is 95.1 Å². The number of aryl methyl sites for hydroxylation is 1. The molecule has 2 aromatic carbocycles. The van der Waals surface area contributed by atoms with E-state index in [1.165, 1.54) is 17.8 Å². The van der Waals surface area contributed by atoms with Crippen LogP contribution in [0, 0.1) is 12.7 Å². The quantitative estimate of drug-likeness (QED) is 0.375. The van der Waals surface area contributed by atoms with Gasteiger partial charge < -0.3 is 14.6 Å². The van der Waals surface area contributed by atoms with E-state index in [0.29, 0.717) is 28.3 Å². The van der Waals surface area contributed by atoms with Crippen LogP contribution < -0.4 is 10.1 Å². The van der Waals surface area contributed by atoms with Gasteiger partial charge in [-0.25, -0.2) is 4.39 Å². The average Bonchev–Trinajstić information content (AvgIpc) is 3.39. The van der Waals surface area contributed by atoms with E-state index < -0.39 is 5.82 Å². The third-order valence-electron chi connectivity index (χ3n) is 4.36. The van der Waals surface area contributed by atoms with E-state index in [2.05, 4.69) is 20.7 Å². The zero-order chi connectivity index (χ0) is 22.3. The summed E-state index contributed by atoms with van der Waals surface area (Å²) in [4.78, 5) is 12.2. The first-order valence-electron chi connectivity index (χ1n) is 9.83. The van der Waals surface area contributed by atoms with Crippen molar-refractivity contribution in [3.8, 4) is 11.4 Å². The Bertz CT molecular complexity index is 1200. The van der Waals surface area contributed by atoms with E-state index in [9.17, 15) is 9.18 Å². The van der Waals surface area contributed by atoms with E-state index in [1.54, 1.807) is 31.2 Å². The molecule has 0 saturated carbocycles. The molecule has 4 rings (SSSR count). The Kier molecular flexibility index (Phi) is 6.81. The van der Waals surface area contributed by atoms with Gasteiger partial charge >= 0.3 is 0 Å². The maximum atomic E-state index is 13.9. The van der Waals surface area contributed by atoms with Gasteiger partial charge in [-0.2, -0.15) is 0 Å². The molecule has 0 radical (unpaired) electrons. The second-order valence-corrected chi connectivity index (χ2v) is 7.82. The van der Waals surface area contributed by atoms with Crippen LogP contribution in [-0.4, -0.2) is 31.6 Å². The standard InChI is InChI=1S/C22H20FN5O3S/c1-15-13-19(27-31-15)24-21(29)11-12-32-22-26-25-20(28(22)16-7-3-2-4-8-16)14-30-18-10-6-5-9-17(18)23/h2-10,13H,11-12,14H2,1H3,(H,24,27,29). The summed E-state index contributed by atoms with van der Waals surface area (Å²) in [6, 6.07) is 17.4. The van der Waals surface area contributed by atoms with Crippen LogP contribution in [0.25, 0.3) is 5.69 Å². The van der Waals surface area contributed by atoms with Gasteiger partial charge in [0.1, 0.15) is 12.4 Å². The summed E-state index contributed by atoms with van der Waals surface area (Å²) < 4.78 is 26.3. The van der Waals surface area contributed by atoms with Crippen LogP contribution in [0.3, 0.4) is 0 Å². The van der Waals surface area contributed by atoms with E-state index in [0.717, 1.165) is 5.69 Å². The third-order valence-corrected chi connectivity index (χ3v) is 5.29. The summed E-state index contributed by atoms with van der Waals surface area (Å²) in [5.74, 6) is 1.52. The molecule has 0 aliphatic carbocycles. The van der Waals surface area contributed by atoms with E-state index in [-0.39, 0.29) is 24.7 Å². The number of nitrogens with zero attached hydrogens (tertiary/aromatic N) is 4. The highest BCUT2D eigenvalue weighted by Crippen LogP contribution is 2.24. The number of benzene rings is 2. The Labute approximate surface area is 187 Å². The number of anilines is 1. The number of nitrogens with one attached hydrogen (secondary N) is 1. The molecule has 0 saturated heterocycles. The zero-order valence-corrected chi connectivity index (χ0v) is 18.0. The molecule has 4 aromatic rings. The SMILES string of the molecule is Cc1cc(NC(=O)CCSc2nnc(COc3ccccc3F)n2-c2ccccc2)no1. The molecule has 2 aromatic heterocycles. The van der Waals surface area contributed by atoms with Gasteiger partial charge in [0.25, 0.3) is 0 Å². The van der Waals surface area contributed by atoms with Gasteiger partial charge in [0.2, 0.25) is 5.91 Å². The van der Waals surface area contributed by atoms with Crippen LogP contribution >= 0.6 is 11.8 Å². The van der Waals surface area contributed by atoms with Crippen molar-refractivity contribution < 1.29 is 18.4 Å². The lowest BCUT2D eigenvalue weighted by atomic mass is 10.3. The minimum absolute atomic E-state index is 0.0371. The number of hydrogen-bond donors (Lipinski definition) is 1. The predicted octanol–water partition coefficient (Wildman–Crippen LogP) is 4.40. The molecular formula is C22H20FN5O3S. The Morgan fingerprint density at radius 1 is 1.16 bits per heavy atom. The molecule has 8 nitrogen and oxygen atoms in total. The number of halogens is 1. The maximum Gasteiger partial charge on any atom is 0.226 e. The monoisotopic (exact) mass is 453 g/mol. The molecule has 164 valence electrons. The minimum Gasteiger partial charge on any atom is -0.483 e. The summed E-state index contributed by atoms with van der Waals surface area (Å²) >= 11 is 1.39. The van der Waals surface area contributed by atoms with Crippen LogP contribution in [0.2, 0.25) is 0 Å². The highest BCUT2D eigenvalue weighted by Gasteiger charge is 2.16. The third kappa shape index (κ3) is 5.33. The molecule has 1 amide bonds. The molecular weight excluding hydrogens is 433 g/mol. The maximum absolute atomic E-state index is 13.9. The number of para-hydroxylation sites is 2. The number of rotatable bonds is 9. The average molecular weight is 453 g/mol. The van der Waals surface area contributed by atoms with Crippen molar-refractivity contribution in [1.29, 1.82) is 0 Å². The van der Waals surface area contributed by atoms with Crippen molar-refractivity contribution in [2.75, 3.05) is 11.1 Å². The molecule has 2 heterocycles. The number of carbonyl (C=O) groups excluding carboxylic acids is 1. The van der Waals surface area contributed by atoms with Gasteiger partial charge in [0, 0.05) is 23.9 Å². The lowest BCUT2D eigenvalue weighted by molar-refractivity contribution is -0.115. The van der Waals surface area contributed by atoms with Crippen molar-refractivity contribution in [2.45, 2.75) is 25.1 Å². The van der Waals surface area contributed by atoms with Gasteiger partial charge in [0.15, 0.2) is 28.4 Å². The molecule has 0 atom stereocenters. The van der Waals surface area contributed by atoms with E-state index in [4.69, 9.17) is 9.26 Å². The Balaban J connectivity index is 1.44. The number of ether oxygens (including phenoxy) is 1. The van der Waals surface area contributed by atoms with Crippen LogP contribution in [0.1, 0.15) is 18.0 Å². The minimum atomic E-state index is -0.443. The summed E-state index contributed by atoms with van der Waals surface area (Å²) in [6.07, 6.45) is 0.249. The lowest BCUT2D eigenvalue weighted by Crippen LogP contribution is -2.12. The van der Waals surface area contributed by atoms with E-state index in [1.807, 2.05) is 34.9 Å². The second-order valence-electron chi connectivity index (χ2n) is 6.76. The van der Waals surface area contributed by atoms with Crippen LogP contribution in [0.15, 0.2) is 70.3 Å². The zero-order valence-electron chi connectivity index (χ0n) is 17.2. The summed E-state index contributed by atoms with van der Waals surface area (Å²) in [6.45, 7) is 1.79. The molecule has 0 aliphatic heterocycles. The lowest BCUT2D eigenvalue weighted by Gasteiger charge is -2.11. The van der Waals surface area contributed by atoms with E-state index >= 15 is 0 Å². The Hall–Kier alpha value is -3.66. The van der Waals surface area contributed by atoms with Crippen molar-refractivity contribution >= 4 is 23.5 Å². The van der Waals surface area contributed by atoms with Gasteiger partial charge in [-0.05, 0) is 31.2 Å². The van der Waals surface area contributed by atoms with Crippen LogP contribution in [-0.2, 0) is 11.4 Å². The molecule has 0 unspecified atom stereocenters. The normalized spacial score (nSPS) is 10.8. The second kappa shape index (κ2) is 10.1. The summed E-state index contributed by atoms with van der Waals surface area (Å²) in [5, 5.41) is 15.5. The van der Waals surface area contributed by atoms with Crippen molar-refractivity contribution in [2.24, 2.45) is 0 Å². The highest BCUT2D eigenvalue weighted by molar-refractivity contribution is 7.99.